The Hall–Kier alpha value is -0.860. The van der Waals surface area contributed by atoms with Gasteiger partial charge in [0.15, 0.2) is 6.10 Å². The predicted molar refractivity (Wildman–Crippen MR) is 68.4 cm³/mol. The molecule has 2 unspecified atom stereocenters. The first kappa shape index (κ1) is 16.5. The molecule has 2 fully saturated rings. The molecule has 1 saturated carbocycles. The molecule has 1 aliphatic carbocycles. The molecular weight excluding hydrogens is 289 g/mol. The molecule has 8 heteroatoms. The van der Waals surface area contributed by atoms with E-state index in [1.54, 1.807) is 0 Å². The van der Waals surface area contributed by atoms with Crippen LogP contribution in [0.15, 0.2) is 0 Å². The van der Waals surface area contributed by atoms with Crippen molar-refractivity contribution >= 4 is 5.91 Å². The monoisotopic (exact) mass is 310 g/mol. The van der Waals surface area contributed by atoms with Crippen LogP contribution in [0.4, 0.5) is 13.2 Å². The maximum absolute atomic E-state index is 12.3. The number of hydrogen-bond donors (Lipinski definition) is 3. The number of hydrogen-bond acceptors (Lipinski definition) is 4. The quantitative estimate of drug-likeness (QED) is 0.681. The van der Waals surface area contributed by atoms with Gasteiger partial charge in [-0.3, -0.25) is 4.79 Å². The second-order valence-electron chi connectivity index (χ2n) is 5.92. The van der Waals surface area contributed by atoms with Crippen LogP contribution in [-0.4, -0.2) is 65.1 Å². The number of rotatable bonds is 5. The van der Waals surface area contributed by atoms with Gasteiger partial charge in [0.25, 0.3) is 0 Å². The first-order valence-electron chi connectivity index (χ1n) is 7.23. The lowest BCUT2D eigenvalue weighted by molar-refractivity contribution is -0.209. The number of halogens is 3. The molecule has 0 bridgehead atoms. The van der Waals surface area contributed by atoms with E-state index >= 15 is 0 Å². The Morgan fingerprint density at radius 3 is 2.24 bits per heavy atom. The fourth-order valence-electron chi connectivity index (χ4n) is 2.53. The number of likely N-dealkylation sites (tertiary alicyclic amines) is 1. The van der Waals surface area contributed by atoms with Crippen LogP contribution < -0.4 is 5.32 Å². The van der Waals surface area contributed by atoms with Gasteiger partial charge in [-0.1, -0.05) is 0 Å². The van der Waals surface area contributed by atoms with E-state index in [0.29, 0.717) is 25.9 Å². The van der Waals surface area contributed by atoms with Crippen molar-refractivity contribution in [1.82, 2.24) is 10.2 Å². The molecule has 1 saturated heterocycles. The third-order valence-corrected chi connectivity index (χ3v) is 4.08. The maximum Gasteiger partial charge on any atom is 0.415 e. The molecule has 1 aliphatic heterocycles. The van der Waals surface area contributed by atoms with Crippen molar-refractivity contribution in [2.75, 3.05) is 19.6 Å². The Labute approximate surface area is 121 Å². The number of amides is 1. The van der Waals surface area contributed by atoms with Gasteiger partial charge in [0.2, 0.25) is 5.91 Å². The van der Waals surface area contributed by atoms with Gasteiger partial charge in [-0.15, -0.1) is 0 Å². The number of nitrogens with one attached hydrogen (secondary N) is 1. The summed E-state index contributed by atoms with van der Waals surface area (Å²) in [5.41, 5.74) is 0. The van der Waals surface area contributed by atoms with Crippen molar-refractivity contribution in [3.63, 3.8) is 0 Å². The van der Waals surface area contributed by atoms with Crippen molar-refractivity contribution in [3.8, 4) is 0 Å². The van der Waals surface area contributed by atoms with Crippen molar-refractivity contribution in [1.29, 1.82) is 0 Å². The van der Waals surface area contributed by atoms with Gasteiger partial charge in [-0.25, -0.2) is 0 Å². The topological polar surface area (TPSA) is 72.8 Å². The molecule has 122 valence electrons. The summed E-state index contributed by atoms with van der Waals surface area (Å²) in [5, 5.41) is 21.7. The fourth-order valence-corrected chi connectivity index (χ4v) is 2.53. The highest BCUT2D eigenvalue weighted by molar-refractivity contribution is 5.81. The van der Waals surface area contributed by atoms with Crippen LogP contribution in [0, 0.1) is 5.92 Å². The van der Waals surface area contributed by atoms with Gasteiger partial charge in [0.1, 0.15) is 6.10 Å². The Kier molecular flexibility index (Phi) is 5.11. The third kappa shape index (κ3) is 4.82. The van der Waals surface area contributed by atoms with Gasteiger partial charge in [0, 0.05) is 12.6 Å². The minimum Gasteiger partial charge on any atom is -0.383 e. The molecule has 5 nitrogen and oxygen atoms in total. The molecule has 1 amide bonds. The van der Waals surface area contributed by atoms with E-state index in [-0.39, 0.29) is 17.9 Å². The number of nitrogens with zero attached hydrogens (tertiary/aromatic N) is 1. The standard InChI is InChI=1S/C13H21F3N2O3/c14-13(15,16)10(19)7-18-5-3-8(4-6-18)11(20)12(21)17-9-1-2-9/h8-11,19-20H,1-7H2,(H,17,21). The minimum atomic E-state index is -4.61. The first-order valence-corrected chi connectivity index (χ1v) is 7.23. The van der Waals surface area contributed by atoms with Crippen LogP contribution in [0.1, 0.15) is 25.7 Å². The summed E-state index contributed by atoms with van der Waals surface area (Å²) in [6.07, 6.45) is -5.29. The van der Waals surface area contributed by atoms with Crippen LogP contribution in [-0.2, 0) is 4.79 Å². The molecular formula is C13H21F3N2O3. The predicted octanol–water partition coefficient (Wildman–Crippen LogP) is 0.261. The van der Waals surface area contributed by atoms with Crippen LogP contribution >= 0.6 is 0 Å². The van der Waals surface area contributed by atoms with Gasteiger partial charge in [0.05, 0.1) is 0 Å². The molecule has 21 heavy (non-hydrogen) atoms. The van der Waals surface area contributed by atoms with E-state index in [2.05, 4.69) is 5.32 Å². The SMILES string of the molecule is O=C(NC1CC1)C(O)C1CCN(CC(O)C(F)(F)F)CC1. The molecule has 2 aliphatic rings. The zero-order chi connectivity index (χ0) is 15.6. The van der Waals surface area contributed by atoms with Crippen LogP contribution in [0.3, 0.4) is 0 Å². The van der Waals surface area contributed by atoms with Crippen molar-refractivity contribution in [2.45, 2.75) is 50.1 Å². The summed E-state index contributed by atoms with van der Waals surface area (Å²) in [6.45, 7) is 0.220. The second kappa shape index (κ2) is 6.50. The molecule has 3 N–H and O–H groups in total. The minimum absolute atomic E-state index is 0.175. The molecule has 0 radical (unpaired) electrons. The highest BCUT2D eigenvalue weighted by Crippen LogP contribution is 2.25. The van der Waals surface area contributed by atoms with E-state index in [1.807, 2.05) is 0 Å². The van der Waals surface area contributed by atoms with Crippen LogP contribution in [0.5, 0.6) is 0 Å². The van der Waals surface area contributed by atoms with Crippen molar-refractivity contribution in [3.05, 3.63) is 0 Å². The number of alkyl halides is 3. The Morgan fingerprint density at radius 1 is 1.19 bits per heavy atom. The summed E-state index contributed by atoms with van der Waals surface area (Å²) in [7, 11) is 0. The number of carbonyl (C=O) groups is 1. The van der Waals surface area contributed by atoms with Gasteiger partial charge >= 0.3 is 6.18 Å². The van der Waals surface area contributed by atoms with E-state index in [0.717, 1.165) is 12.8 Å². The van der Waals surface area contributed by atoms with Crippen molar-refractivity contribution in [2.24, 2.45) is 5.92 Å². The zero-order valence-electron chi connectivity index (χ0n) is 11.6. The number of carbonyl (C=O) groups excluding carboxylic acids is 1. The van der Waals surface area contributed by atoms with E-state index in [4.69, 9.17) is 5.11 Å². The van der Waals surface area contributed by atoms with Gasteiger partial charge < -0.3 is 20.4 Å². The van der Waals surface area contributed by atoms with E-state index in [1.165, 1.54) is 4.90 Å². The average molecular weight is 310 g/mol. The third-order valence-electron chi connectivity index (χ3n) is 4.08. The average Bonchev–Trinajstić information content (AvgIpc) is 3.21. The maximum atomic E-state index is 12.3. The van der Waals surface area contributed by atoms with Crippen LogP contribution in [0.2, 0.25) is 0 Å². The number of aliphatic hydroxyl groups excluding tert-OH is 2. The smallest absolute Gasteiger partial charge is 0.383 e. The molecule has 2 atom stereocenters. The normalized spacial score (nSPS) is 24.6. The summed E-state index contributed by atoms with van der Waals surface area (Å²) in [6, 6.07) is 0.175. The summed E-state index contributed by atoms with van der Waals surface area (Å²) >= 11 is 0. The molecule has 2 rings (SSSR count). The molecule has 0 aromatic heterocycles. The number of β-amino-alcohol motifs (C(OH)–C–C–N with tert-alkyl or cyclic N) is 1. The molecule has 0 spiro atoms. The van der Waals surface area contributed by atoms with E-state index in [9.17, 15) is 23.1 Å². The zero-order valence-corrected chi connectivity index (χ0v) is 11.6. The van der Waals surface area contributed by atoms with Gasteiger partial charge in [-0.2, -0.15) is 13.2 Å². The van der Waals surface area contributed by atoms with Crippen LogP contribution in [0.25, 0.3) is 0 Å². The highest BCUT2D eigenvalue weighted by atomic mass is 19.4. The fraction of sp³-hybridized carbons (Fsp3) is 0.923. The van der Waals surface area contributed by atoms with Crippen molar-refractivity contribution < 1.29 is 28.2 Å². The lowest BCUT2D eigenvalue weighted by Crippen LogP contribution is -2.48. The second-order valence-corrected chi connectivity index (χ2v) is 5.92. The summed E-state index contributed by atoms with van der Waals surface area (Å²) in [5.74, 6) is -0.616. The number of piperidine rings is 1. The Balaban J connectivity index is 1.73. The lowest BCUT2D eigenvalue weighted by atomic mass is 9.90. The first-order chi connectivity index (χ1) is 9.77. The lowest BCUT2D eigenvalue weighted by Gasteiger charge is -2.34. The molecule has 1 heterocycles. The molecule has 0 aromatic rings. The van der Waals surface area contributed by atoms with E-state index < -0.39 is 24.9 Å². The number of aliphatic hydroxyl groups is 2. The summed E-state index contributed by atoms with van der Waals surface area (Å²) in [4.78, 5) is 13.2. The largest absolute Gasteiger partial charge is 0.415 e. The molecule has 0 aromatic carbocycles. The Morgan fingerprint density at radius 2 is 1.76 bits per heavy atom. The van der Waals surface area contributed by atoms with Gasteiger partial charge in [-0.05, 0) is 44.7 Å². The summed E-state index contributed by atoms with van der Waals surface area (Å²) < 4.78 is 36.8. The Bertz CT molecular complexity index is 366. The highest BCUT2D eigenvalue weighted by Gasteiger charge is 2.40.